The molecule has 0 bridgehead atoms. The van der Waals surface area contributed by atoms with Crippen LogP contribution in [0.25, 0.3) is 0 Å². The number of carbonyl (C=O) groups excluding carboxylic acids is 4. The molecule has 0 fully saturated rings. The highest BCUT2D eigenvalue weighted by molar-refractivity contribution is 5.80. The van der Waals surface area contributed by atoms with E-state index in [4.69, 9.17) is 14.2 Å². The Hall–Kier alpha value is -3.18. The summed E-state index contributed by atoms with van der Waals surface area (Å²) in [5.41, 5.74) is 1.62. The first-order chi connectivity index (χ1) is 24.2. The van der Waals surface area contributed by atoms with Crippen LogP contribution in [0.1, 0.15) is 130 Å². The molecule has 1 aromatic rings. The summed E-state index contributed by atoms with van der Waals surface area (Å²) in [5.74, 6) is -0.179. The van der Waals surface area contributed by atoms with E-state index in [1.54, 1.807) is 0 Å². The molecule has 1 rings (SSSR count). The highest BCUT2D eigenvalue weighted by atomic mass is 16.5. The molecule has 0 spiro atoms. The van der Waals surface area contributed by atoms with Crippen molar-refractivity contribution in [2.75, 3.05) is 52.6 Å². The second-order valence-corrected chi connectivity index (χ2v) is 13.1. The second kappa shape index (κ2) is 28.5. The normalized spacial score (nSPS) is 11.6. The van der Waals surface area contributed by atoms with Crippen molar-refractivity contribution in [1.29, 1.82) is 0 Å². The Morgan fingerprint density at radius 1 is 0.580 bits per heavy atom. The van der Waals surface area contributed by atoms with Crippen molar-refractivity contribution in [1.82, 2.24) is 20.4 Å². The summed E-state index contributed by atoms with van der Waals surface area (Å²) >= 11 is 0. The van der Waals surface area contributed by atoms with Crippen LogP contribution in [0.3, 0.4) is 0 Å². The fourth-order valence-corrected chi connectivity index (χ4v) is 5.24. The SMILES string of the molecule is CCCCCC(C)Oc1cc(CNC(=O)COCC(=O)N(CCCC)CCCC)cc(CNC(=O)COCC(=O)N(CCCC)CCCC)c1. The highest BCUT2D eigenvalue weighted by Gasteiger charge is 2.16. The lowest BCUT2D eigenvalue weighted by Crippen LogP contribution is -2.37. The van der Waals surface area contributed by atoms with Gasteiger partial charge < -0.3 is 34.6 Å². The summed E-state index contributed by atoms with van der Waals surface area (Å²) in [5, 5.41) is 5.74. The lowest BCUT2D eigenvalue weighted by atomic mass is 10.1. The first kappa shape index (κ1) is 44.8. The summed E-state index contributed by atoms with van der Waals surface area (Å²) < 4.78 is 17.2. The number of benzene rings is 1. The van der Waals surface area contributed by atoms with E-state index >= 15 is 0 Å². The van der Waals surface area contributed by atoms with E-state index in [0.29, 0.717) is 31.9 Å². The number of nitrogens with one attached hydrogen (secondary N) is 2. The van der Waals surface area contributed by atoms with Crippen LogP contribution in [-0.2, 0) is 41.7 Å². The predicted octanol–water partition coefficient (Wildman–Crippen LogP) is 6.16. The van der Waals surface area contributed by atoms with Crippen molar-refractivity contribution in [2.24, 2.45) is 0 Å². The summed E-state index contributed by atoms with van der Waals surface area (Å²) in [6.07, 6.45) is 12.1. The van der Waals surface area contributed by atoms with Gasteiger partial charge in [0.2, 0.25) is 23.6 Å². The molecular formula is C39H68N4O7. The first-order valence-electron chi connectivity index (χ1n) is 19.2. The van der Waals surface area contributed by atoms with Crippen LogP contribution < -0.4 is 15.4 Å². The van der Waals surface area contributed by atoms with Crippen molar-refractivity contribution in [3.63, 3.8) is 0 Å². The molecule has 0 aromatic heterocycles. The molecule has 50 heavy (non-hydrogen) atoms. The third-order valence-corrected chi connectivity index (χ3v) is 8.31. The van der Waals surface area contributed by atoms with E-state index in [1.165, 1.54) is 0 Å². The van der Waals surface area contributed by atoms with Crippen LogP contribution in [0.4, 0.5) is 0 Å². The Kier molecular flexibility index (Phi) is 25.6. The fraction of sp³-hybridized carbons (Fsp3) is 0.744. The molecule has 0 radical (unpaired) electrons. The molecule has 2 N–H and O–H groups in total. The third kappa shape index (κ3) is 21.1. The van der Waals surface area contributed by atoms with E-state index in [0.717, 1.165) is 88.2 Å². The quantitative estimate of drug-likeness (QED) is 0.0920. The van der Waals surface area contributed by atoms with Gasteiger partial charge >= 0.3 is 0 Å². The van der Waals surface area contributed by atoms with Crippen molar-refractivity contribution in [3.05, 3.63) is 29.3 Å². The zero-order valence-electron chi connectivity index (χ0n) is 32.1. The van der Waals surface area contributed by atoms with E-state index in [9.17, 15) is 19.2 Å². The highest BCUT2D eigenvalue weighted by Crippen LogP contribution is 2.21. The number of unbranched alkanes of at least 4 members (excludes halogenated alkanes) is 6. The number of hydrogen-bond donors (Lipinski definition) is 2. The molecule has 0 saturated heterocycles. The van der Waals surface area contributed by atoms with Crippen LogP contribution in [0.15, 0.2) is 18.2 Å². The van der Waals surface area contributed by atoms with Gasteiger partial charge in [-0.1, -0.05) is 79.2 Å². The molecule has 11 nitrogen and oxygen atoms in total. The Labute approximate surface area is 302 Å². The molecule has 0 aliphatic heterocycles. The predicted molar refractivity (Wildman–Crippen MR) is 199 cm³/mol. The van der Waals surface area contributed by atoms with Gasteiger partial charge in [0.15, 0.2) is 0 Å². The standard InChI is InChI=1S/C39H68N4O7/c1-7-12-17-18-32(6)50-35-24-33(26-40-36(44)28-48-30-38(46)42(19-13-8-2)20-14-9-3)23-34(25-35)27-41-37(45)29-49-31-39(47)43(21-15-10-4)22-16-11-5/h23-25,32H,7-22,26-31H2,1-6H3,(H,40,44)(H,41,45). The minimum Gasteiger partial charge on any atom is -0.491 e. The van der Waals surface area contributed by atoms with Crippen LogP contribution in [0.2, 0.25) is 0 Å². The molecule has 4 amide bonds. The van der Waals surface area contributed by atoms with E-state index in [-0.39, 0.29) is 69.2 Å². The molecule has 1 unspecified atom stereocenters. The van der Waals surface area contributed by atoms with Crippen LogP contribution in [0.5, 0.6) is 5.75 Å². The van der Waals surface area contributed by atoms with Gasteiger partial charge in [-0.05, 0) is 68.7 Å². The monoisotopic (exact) mass is 705 g/mol. The zero-order valence-corrected chi connectivity index (χ0v) is 32.1. The number of ether oxygens (including phenoxy) is 3. The van der Waals surface area contributed by atoms with Gasteiger partial charge in [-0.3, -0.25) is 19.2 Å². The summed E-state index contributed by atoms with van der Waals surface area (Å²) in [6, 6.07) is 5.69. The Morgan fingerprint density at radius 2 is 0.980 bits per heavy atom. The molecule has 0 aliphatic rings. The topological polar surface area (TPSA) is 127 Å². The number of rotatable bonds is 30. The third-order valence-electron chi connectivity index (χ3n) is 8.31. The maximum absolute atomic E-state index is 12.7. The van der Waals surface area contributed by atoms with Gasteiger partial charge in [0.05, 0.1) is 6.10 Å². The first-order valence-corrected chi connectivity index (χ1v) is 19.2. The van der Waals surface area contributed by atoms with Crippen molar-refractivity contribution >= 4 is 23.6 Å². The molecule has 1 aromatic carbocycles. The summed E-state index contributed by atoms with van der Waals surface area (Å²) in [6.45, 7) is 15.2. The zero-order chi connectivity index (χ0) is 37.0. The van der Waals surface area contributed by atoms with Crippen molar-refractivity contribution < 1.29 is 33.4 Å². The minimum absolute atomic E-state index is 0.00847. The molecule has 0 saturated carbocycles. The van der Waals surface area contributed by atoms with E-state index in [1.807, 2.05) is 34.9 Å². The van der Waals surface area contributed by atoms with E-state index < -0.39 is 0 Å². The molecule has 286 valence electrons. The number of hydrogen-bond acceptors (Lipinski definition) is 7. The van der Waals surface area contributed by atoms with Gasteiger partial charge in [-0.25, -0.2) is 0 Å². The van der Waals surface area contributed by atoms with Crippen LogP contribution >= 0.6 is 0 Å². The fourth-order valence-electron chi connectivity index (χ4n) is 5.24. The minimum atomic E-state index is -0.324. The lowest BCUT2D eigenvalue weighted by Gasteiger charge is -2.22. The molecule has 0 aliphatic carbocycles. The average Bonchev–Trinajstić information content (AvgIpc) is 3.10. The van der Waals surface area contributed by atoms with Crippen molar-refractivity contribution in [3.8, 4) is 5.75 Å². The molecule has 1 atom stereocenters. The van der Waals surface area contributed by atoms with Gasteiger partial charge in [0.25, 0.3) is 0 Å². The molecule has 0 heterocycles. The van der Waals surface area contributed by atoms with E-state index in [2.05, 4.69) is 45.3 Å². The second-order valence-electron chi connectivity index (χ2n) is 13.1. The Balaban J connectivity index is 2.76. The lowest BCUT2D eigenvalue weighted by molar-refractivity contribution is -0.139. The Bertz CT molecular complexity index is 1010. The summed E-state index contributed by atoms with van der Waals surface area (Å²) in [4.78, 5) is 54.2. The number of amides is 4. The maximum atomic E-state index is 12.7. The molecular weight excluding hydrogens is 636 g/mol. The van der Waals surface area contributed by atoms with Crippen LogP contribution in [0, 0.1) is 0 Å². The molecule has 11 heteroatoms. The number of carbonyl (C=O) groups is 4. The van der Waals surface area contributed by atoms with Gasteiger partial charge in [-0.15, -0.1) is 0 Å². The maximum Gasteiger partial charge on any atom is 0.248 e. The Morgan fingerprint density at radius 3 is 1.36 bits per heavy atom. The van der Waals surface area contributed by atoms with Gasteiger partial charge in [-0.2, -0.15) is 0 Å². The van der Waals surface area contributed by atoms with Crippen molar-refractivity contribution in [2.45, 2.75) is 138 Å². The van der Waals surface area contributed by atoms with Gasteiger partial charge in [0.1, 0.15) is 32.2 Å². The largest absolute Gasteiger partial charge is 0.491 e. The number of nitrogens with zero attached hydrogens (tertiary/aromatic N) is 2. The van der Waals surface area contributed by atoms with Gasteiger partial charge in [0, 0.05) is 39.3 Å². The smallest absolute Gasteiger partial charge is 0.248 e. The van der Waals surface area contributed by atoms with Crippen LogP contribution in [-0.4, -0.2) is 92.1 Å². The average molecular weight is 705 g/mol. The summed E-state index contributed by atoms with van der Waals surface area (Å²) in [7, 11) is 0.